The number of hydrogen-bond donors (Lipinski definition) is 2. The number of esters is 1. The second kappa shape index (κ2) is 9.19. The minimum absolute atomic E-state index is 0.111. The van der Waals surface area contributed by atoms with E-state index in [0.29, 0.717) is 12.5 Å². The molecule has 0 radical (unpaired) electrons. The standard InChI is InChI=1S/C15H25N3O4/c1-4-6-7-11(16)15-18-12(9-22-15)14(20)17-10(3)8-13(19)21-5-2/h9-11H,4-8,16H2,1-3H3,(H,17,20). The van der Waals surface area contributed by atoms with Crippen LogP contribution in [0.2, 0.25) is 0 Å². The number of hydrogen-bond acceptors (Lipinski definition) is 6. The van der Waals surface area contributed by atoms with Gasteiger partial charge in [0.2, 0.25) is 5.89 Å². The van der Waals surface area contributed by atoms with Crippen LogP contribution >= 0.6 is 0 Å². The summed E-state index contributed by atoms with van der Waals surface area (Å²) in [5.74, 6) is -0.385. The van der Waals surface area contributed by atoms with E-state index < -0.39 is 5.91 Å². The molecule has 1 rings (SSSR count). The topological polar surface area (TPSA) is 107 Å². The number of aromatic nitrogens is 1. The maximum Gasteiger partial charge on any atom is 0.307 e. The molecule has 0 fully saturated rings. The average molecular weight is 311 g/mol. The van der Waals surface area contributed by atoms with E-state index in [1.54, 1.807) is 13.8 Å². The van der Waals surface area contributed by atoms with Crippen molar-refractivity contribution in [1.29, 1.82) is 0 Å². The summed E-state index contributed by atoms with van der Waals surface area (Å²) in [5.41, 5.74) is 6.11. The quantitative estimate of drug-likeness (QED) is 0.675. The molecule has 2 unspecified atom stereocenters. The van der Waals surface area contributed by atoms with Crippen molar-refractivity contribution in [3.05, 3.63) is 17.8 Å². The summed E-state index contributed by atoms with van der Waals surface area (Å²) in [6, 6.07) is -0.654. The van der Waals surface area contributed by atoms with Crippen LogP contribution in [0.1, 0.15) is 68.9 Å². The smallest absolute Gasteiger partial charge is 0.307 e. The van der Waals surface area contributed by atoms with E-state index in [-0.39, 0.29) is 30.2 Å². The lowest BCUT2D eigenvalue weighted by atomic mass is 10.1. The lowest BCUT2D eigenvalue weighted by Gasteiger charge is -2.11. The fourth-order valence-electron chi connectivity index (χ4n) is 1.93. The predicted octanol–water partition coefficient (Wildman–Crippen LogP) is 1.94. The first-order chi connectivity index (χ1) is 10.5. The van der Waals surface area contributed by atoms with E-state index >= 15 is 0 Å². The van der Waals surface area contributed by atoms with Crippen molar-refractivity contribution in [3.8, 4) is 0 Å². The molecule has 0 bridgehead atoms. The summed E-state index contributed by atoms with van der Waals surface area (Å²) in [6.07, 6.45) is 4.17. The van der Waals surface area contributed by atoms with Crippen molar-refractivity contribution >= 4 is 11.9 Å². The van der Waals surface area contributed by atoms with Gasteiger partial charge in [0.05, 0.1) is 19.1 Å². The normalized spacial score (nSPS) is 13.5. The molecule has 2 atom stereocenters. The van der Waals surface area contributed by atoms with Crippen LogP contribution in [0.5, 0.6) is 0 Å². The minimum atomic E-state index is -0.394. The number of carbonyl (C=O) groups excluding carboxylic acids is 2. The second-order valence-corrected chi connectivity index (χ2v) is 5.20. The molecule has 1 heterocycles. The number of nitrogens with one attached hydrogen (secondary N) is 1. The molecular formula is C15H25N3O4. The first-order valence-corrected chi connectivity index (χ1v) is 7.65. The van der Waals surface area contributed by atoms with Crippen LogP contribution in [0.4, 0.5) is 0 Å². The Morgan fingerprint density at radius 2 is 2.18 bits per heavy atom. The lowest BCUT2D eigenvalue weighted by Crippen LogP contribution is -2.34. The average Bonchev–Trinajstić information content (AvgIpc) is 2.94. The fraction of sp³-hybridized carbons (Fsp3) is 0.667. The monoisotopic (exact) mass is 311 g/mol. The van der Waals surface area contributed by atoms with E-state index in [1.807, 2.05) is 0 Å². The number of oxazole rings is 1. The zero-order chi connectivity index (χ0) is 16.5. The third-order valence-electron chi connectivity index (χ3n) is 3.10. The third-order valence-corrected chi connectivity index (χ3v) is 3.10. The molecule has 1 amide bonds. The van der Waals surface area contributed by atoms with Gasteiger partial charge < -0.3 is 20.2 Å². The van der Waals surface area contributed by atoms with E-state index in [4.69, 9.17) is 14.9 Å². The Bertz CT molecular complexity index is 487. The van der Waals surface area contributed by atoms with Crippen LogP contribution in [-0.4, -0.2) is 29.5 Å². The van der Waals surface area contributed by atoms with Crippen molar-refractivity contribution in [3.63, 3.8) is 0 Å². The Morgan fingerprint density at radius 3 is 2.82 bits per heavy atom. The number of nitrogens with two attached hydrogens (primary N) is 1. The summed E-state index contributed by atoms with van der Waals surface area (Å²) in [6.45, 7) is 5.86. The summed E-state index contributed by atoms with van der Waals surface area (Å²) in [4.78, 5) is 27.5. The van der Waals surface area contributed by atoms with Crippen LogP contribution in [0.25, 0.3) is 0 Å². The minimum Gasteiger partial charge on any atom is -0.466 e. The number of ether oxygens (including phenoxy) is 1. The van der Waals surface area contributed by atoms with Crippen LogP contribution in [0.3, 0.4) is 0 Å². The van der Waals surface area contributed by atoms with Crippen LogP contribution in [0.15, 0.2) is 10.7 Å². The Balaban J connectivity index is 2.52. The number of nitrogens with zero attached hydrogens (tertiary/aromatic N) is 1. The molecule has 7 nitrogen and oxygen atoms in total. The molecule has 0 aliphatic rings. The first-order valence-electron chi connectivity index (χ1n) is 7.65. The van der Waals surface area contributed by atoms with Gasteiger partial charge in [-0.25, -0.2) is 4.98 Å². The van der Waals surface area contributed by atoms with Gasteiger partial charge in [-0.15, -0.1) is 0 Å². The van der Waals surface area contributed by atoms with Gasteiger partial charge in [-0.05, 0) is 20.3 Å². The van der Waals surface area contributed by atoms with Gasteiger partial charge in [0.15, 0.2) is 5.69 Å². The summed E-state index contributed by atoms with van der Waals surface area (Å²) in [7, 11) is 0. The van der Waals surface area contributed by atoms with Crippen molar-refractivity contribution in [2.24, 2.45) is 5.73 Å². The molecule has 0 aliphatic carbocycles. The van der Waals surface area contributed by atoms with Gasteiger partial charge in [-0.3, -0.25) is 9.59 Å². The van der Waals surface area contributed by atoms with Crippen LogP contribution in [-0.2, 0) is 9.53 Å². The van der Waals surface area contributed by atoms with E-state index in [2.05, 4.69) is 17.2 Å². The molecule has 0 aromatic carbocycles. The lowest BCUT2D eigenvalue weighted by molar-refractivity contribution is -0.143. The Morgan fingerprint density at radius 1 is 1.45 bits per heavy atom. The molecule has 0 saturated carbocycles. The number of carbonyl (C=O) groups is 2. The van der Waals surface area contributed by atoms with Crippen molar-refractivity contribution in [2.45, 2.75) is 58.5 Å². The Kier molecular flexibility index (Phi) is 7.59. The zero-order valence-corrected chi connectivity index (χ0v) is 13.4. The number of rotatable bonds is 9. The van der Waals surface area contributed by atoms with E-state index in [9.17, 15) is 9.59 Å². The highest BCUT2D eigenvalue weighted by atomic mass is 16.5. The van der Waals surface area contributed by atoms with E-state index in [0.717, 1.165) is 19.3 Å². The highest BCUT2D eigenvalue weighted by molar-refractivity contribution is 5.92. The highest BCUT2D eigenvalue weighted by Crippen LogP contribution is 2.16. The third kappa shape index (κ3) is 5.85. The van der Waals surface area contributed by atoms with Crippen LogP contribution in [0, 0.1) is 0 Å². The Hall–Kier alpha value is -1.89. The largest absolute Gasteiger partial charge is 0.466 e. The van der Waals surface area contributed by atoms with Gasteiger partial charge in [-0.1, -0.05) is 19.8 Å². The Labute approximate surface area is 130 Å². The summed E-state index contributed by atoms with van der Waals surface area (Å²) >= 11 is 0. The van der Waals surface area contributed by atoms with Gasteiger partial charge in [-0.2, -0.15) is 0 Å². The second-order valence-electron chi connectivity index (χ2n) is 5.20. The molecule has 22 heavy (non-hydrogen) atoms. The summed E-state index contributed by atoms with van der Waals surface area (Å²) in [5, 5.41) is 2.68. The van der Waals surface area contributed by atoms with Gasteiger partial charge in [0, 0.05) is 6.04 Å². The molecule has 1 aromatic rings. The number of amides is 1. The molecule has 0 saturated heterocycles. The summed E-state index contributed by atoms with van der Waals surface area (Å²) < 4.78 is 10.1. The predicted molar refractivity (Wildman–Crippen MR) is 81.1 cm³/mol. The molecule has 124 valence electrons. The number of unbranched alkanes of at least 4 members (excludes halogenated alkanes) is 1. The molecule has 0 spiro atoms. The molecule has 3 N–H and O–H groups in total. The van der Waals surface area contributed by atoms with Gasteiger partial charge in [0.25, 0.3) is 5.91 Å². The highest BCUT2D eigenvalue weighted by Gasteiger charge is 2.19. The maximum atomic E-state index is 12.0. The van der Waals surface area contributed by atoms with Gasteiger partial charge >= 0.3 is 5.97 Å². The van der Waals surface area contributed by atoms with E-state index in [1.165, 1.54) is 6.26 Å². The molecule has 7 heteroatoms. The molecule has 0 aliphatic heterocycles. The molecule has 1 aromatic heterocycles. The van der Waals surface area contributed by atoms with Crippen molar-refractivity contribution in [2.75, 3.05) is 6.61 Å². The maximum absolute atomic E-state index is 12.0. The van der Waals surface area contributed by atoms with Crippen molar-refractivity contribution in [1.82, 2.24) is 10.3 Å². The van der Waals surface area contributed by atoms with Crippen molar-refractivity contribution < 1.29 is 18.7 Å². The zero-order valence-electron chi connectivity index (χ0n) is 13.4. The molecular weight excluding hydrogens is 286 g/mol. The van der Waals surface area contributed by atoms with Gasteiger partial charge in [0.1, 0.15) is 6.26 Å². The fourth-order valence-corrected chi connectivity index (χ4v) is 1.93. The SMILES string of the molecule is CCCCC(N)c1nc(C(=O)NC(C)CC(=O)OCC)co1. The first kappa shape index (κ1) is 18.2. The van der Waals surface area contributed by atoms with Crippen LogP contribution < -0.4 is 11.1 Å².